The third-order valence-corrected chi connectivity index (χ3v) is 7.28. The van der Waals surface area contributed by atoms with Crippen LogP contribution < -0.4 is 4.18 Å². The first-order valence-corrected chi connectivity index (χ1v) is 12.9. The second-order valence-corrected chi connectivity index (χ2v) is 10.0. The van der Waals surface area contributed by atoms with Gasteiger partial charge >= 0.3 is 16.1 Å². The SMILES string of the molecule is Cc1ccc(C)c(S(=O)(=O)Oc2ccccc2C(=O)OCC(=O)N2CCN(C(=O)c3ccco3)CC2)c1. The van der Waals surface area contributed by atoms with Crippen LogP contribution in [-0.4, -0.2) is 68.8 Å². The Labute approximate surface area is 214 Å². The van der Waals surface area contributed by atoms with Gasteiger partial charge in [0.2, 0.25) is 0 Å². The molecule has 0 spiro atoms. The molecule has 0 atom stereocenters. The van der Waals surface area contributed by atoms with Crippen LogP contribution in [0.2, 0.25) is 0 Å². The van der Waals surface area contributed by atoms with Gasteiger partial charge in [0.25, 0.3) is 11.8 Å². The van der Waals surface area contributed by atoms with Crippen LogP contribution in [0.1, 0.15) is 32.0 Å². The lowest BCUT2D eigenvalue weighted by molar-refractivity contribution is -0.136. The summed E-state index contributed by atoms with van der Waals surface area (Å²) in [5.41, 5.74) is 1.12. The summed E-state index contributed by atoms with van der Waals surface area (Å²) in [4.78, 5) is 40.8. The number of benzene rings is 2. The second-order valence-electron chi connectivity index (χ2n) is 8.53. The van der Waals surface area contributed by atoms with Crippen molar-refractivity contribution < 1.29 is 36.1 Å². The van der Waals surface area contributed by atoms with E-state index in [9.17, 15) is 22.8 Å². The number of hydrogen-bond donors (Lipinski definition) is 0. The molecule has 1 aliphatic rings. The number of rotatable bonds is 7. The summed E-state index contributed by atoms with van der Waals surface area (Å²) >= 11 is 0. The van der Waals surface area contributed by atoms with Gasteiger partial charge in [-0.05, 0) is 55.3 Å². The molecule has 1 fully saturated rings. The van der Waals surface area contributed by atoms with E-state index in [0.29, 0.717) is 18.7 Å². The van der Waals surface area contributed by atoms with Gasteiger partial charge in [-0.25, -0.2) is 4.79 Å². The summed E-state index contributed by atoms with van der Waals surface area (Å²) in [6.07, 6.45) is 1.42. The number of amides is 2. The Balaban J connectivity index is 1.36. The monoisotopic (exact) mass is 526 g/mol. The van der Waals surface area contributed by atoms with Crippen molar-refractivity contribution in [2.45, 2.75) is 18.7 Å². The largest absolute Gasteiger partial charge is 0.459 e. The van der Waals surface area contributed by atoms with Gasteiger partial charge in [-0.3, -0.25) is 9.59 Å². The molecule has 2 amide bonds. The Hall–Kier alpha value is -4.12. The lowest BCUT2D eigenvalue weighted by Gasteiger charge is -2.34. The van der Waals surface area contributed by atoms with Gasteiger partial charge in [0.05, 0.1) is 6.26 Å². The summed E-state index contributed by atoms with van der Waals surface area (Å²) in [5, 5.41) is 0. The highest BCUT2D eigenvalue weighted by Crippen LogP contribution is 2.26. The second kappa shape index (κ2) is 10.9. The maximum atomic E-state index is 12.9. The predicted octanol–water partition coefficient (Wildman–Crippen LogP) is 2.81. The van der Waals surface area contributed by atoms with Gasteiger partial charge in [-0.1, -0.05) is 24.3 Å². The van der Waals surface area contributed by atoms with E-state index in [4.69, 9.17) is 13.3 Å². The van der Waals surface area contributed by atoms with Crippen molar-refractivity contribution >= 4 is 27.9 Å². The molecular formula is C26H26N2O8S. The highest BCUT2D eigenvalue weighted by Gasteiger charge is 2.28. The van der Waals surface area contributed by atoms with Crippen LogP contribution in [0.25, 0.3) is 0 Å². The molecular weight excluding hydrogens is 500 g/mol. The molecule has 1 aromatic heterocycles. The smallest absolute Gasteiger partial charge is 0.342 e. The van der Waals surface area contributed by atoms with E-state index in [1.807, 2.05) is 0 Å². The molecule has 1 saturated heterocycles. The van der Waals surface area contributed by atoms with E-state index in [2.05, 4.69) is 0 Å². The summed E-state index contributed by atoms with van der Waals surface area (Å²) in [5.74, 6) is -1.55. The van der Waals surface area contributed by atoms with Gasteiger partial charge in [0.15, 0.2) is 18.1 Å². The zero-order valence-electron chi connectivity index (χ0n) is 20.4. The zero-order valence-corrected chi connectivity index (χ0v) is 21.2. The van der Waals surface area contributed by atoms with Gasteiger partial charge in [-0.15, -0.1) is 0 Å². The van der Waals surface area contributed by atoms with E-state index in [1.165, 1.54) is 41.5 Å². The number of para-hydroxylation sites is 1. The Bertz CT molecular complexity index is 1410. The Morgan fingerprint density at radius 2 is 1.62 bits per heavy atom. The minimum absolute atomic E-state index is 0.00415. The topological polar surface area (TPSA) is 123 Å². The van der Waals surface area contributed by atoms with Gasteiger partial charge in [0.1, 0.15) is 10.5 Å². The van der Waals surface area contributed by atoms with Gasteiger partial charge in [0, 0.05) is 26.2 Å². The minimum Gasteiger partial charge on any atom is -0.459 e. The molecule has 1 aliphatic heterocycles. The first-order valence-electron chi connectivity index (χ1n) is 11.5. The van der Waals surface area contributed by atoms with Crippen LogP contribution in [-0.2, 0) is 19.6 Å². The van der Waals surface area contributed by atoms with E-state index in [1.54, 1.807) is 43.0 Å². The molecule has 0 unspecified atom stereocenters. The highest BCUT2D eigenvalue weighted by atomic mass is 32.2. The average molecular weight is 527 g/mol. The molecule has 2 aromatic carbocycles. The standard InChI is InChI=1S/C26H26N2O8S/c1-18-9-10-19(2)23(16-18)37(32,33)36-21-7-4-3-6-20(21)26(31)35-17-24(29)27-11-13-28(14-12-27)25(30)22-8-5-15-34-22/h3-10,15-16H,11-14,17H2,1-2H3. The van der Waals surface area contributed by atoms with Crippen LogP contribution in [0.5, 0.6) is 5.75 Å². The maximum Gasteiger partial charge on any atom is 0.342 e. The third kappa shape index (κ3) is 6.00. The molecule has 10 nitrogen and oxygen atoms in total. The number of ether oxygens (including phenoxy) is 1. The van der Waals surface area contributed by atoms with Crippen LogP contribution in [0.4, 0.5) is 0 Å². The van der Waals surface area contributed by atoms with E-state index in [0.717, 1.165) is 5.56 Å². The first kappa shape index (κ1) is 26.0. The summed E-state index contributed by atoms with van der Waals surface area (Å²) in [6.45, 7) is 4.04. The molecule has 0 N–H and O–H groups in total. The molecule has 0 radical (unpaired) electrons. The zero-order chi connectivity index (χ0) is 26.6. The molecule has 0 aliphatic carbocycles. The number of furan rings is 1. The summed E-state index contributed by atoms with van der Waals surface area (Å²) in [7, 11) is -4.22. The highest BCUT2D eigenvalue weighted by molar-refractivity contribution is 7.87. The first-order chi connectivity index (χ1) is 17.7. The van der Waals surface area contributed by atoms with Crippen LogP contribution in [0.15, 0.2) is 70.2 Å². The van der Waals surface area contributed by atoms with Gasteiger partial charge < -0.3 is 23.1 Å². The van der Waals surface area contributed by atoms with E-state index in [-0.39, 0.29) is 41.0 Å². The fourth-order valence-electron chi connectivity index (χ4n) is 3.86. The number of piperazine rings is 1. The Kier molecular flexibility index (Phi) is 7.63. The Morgan fingerprint density at radius 1 is 0.919 bits per heavy atom. The quantitative estimate of drug-likeness (QED) is 0.340. The Morgan fingerprint density at radius 3 is 2.32 bits per heavy atom. The van der Waals surface area contributed by atoms with Crippen molar-refractivity contribution in [3.63, 3.8) is 0 Å². The molecule has 0 bridgehead atoms. The van der Waals surface area contributed by atoms with Crippen LogP contribution in [0, 0.1) is 13.8 Å². The maximum absolute atomic E-state index is 12.9. The minimum atomic E-state index is -4.22. The lowest BCUT2D eigenvalue weighted by Crippen LogP contribution is -2.51. The molecule has 0 saturated carbocycles. The lowest BCUT2D eigenvalue weighted by atomic mass is 10.2. The number of carbonyl (C=O) groups excluding carboxylic acids is 3. The molecule has 194 valence electrons. The fraction of sp³-hybridized carbons (Fsp3) is 0.269. The summed E-state index contributed by atoms with van der Waals surface area (Å²) < 4.78 is 41.4. The van der Waals surface area contributed by atoms with Crippen molar-refractivity contribution in [2.24, 2.45) is 0 Å². The molecule has 4 rings (SSSR count). The molecule has 37 heavy (non-hydrogen) atoms. The normalized spacial score (nSPS) is 13.8. The van der Waals surface area contributed by atoms with Crippen molar-refractivity contribution in [1.82, 2.24) is 9.80 Å². The fourth-order valence-corrected chi connectivity index (χ4v) is 5.12. The number of esters is 1. The van der Waals surface area contributed by atoms with Crippen LogP contribution in [0.3, 0.4) is 0 Å². The third-order valence-electron chi connectivity index (χ3n) is 5.90. The van der Waals surface area contributed by atoms with Crippen molar-refractivity contribution in [3.05, 3.63) is 83.3 Å². The molecule has 2 heterocycles. The number of nitrogens with zero attached hydrogens (tertiary/aromatic N) is 2. The molecule has 11 heteroatoms. The number of hydrogen-bond acceptors (Lipinski definition) is 8. The predicted molar refractivity (Wildman–Crippen MR) is 132 cm³/mol. The van der Waals surface area contributed by atoms with Gasteiger partial charge in [-0.2, -0.15) is 8.42 Å². The van der Waals surface area contributed by atoms with Crippen molar-refractivity contribution in [2.75, 3.05) is 32.8 Å². The van der Waals surface area contributed by atoms with Crippen LogP contribution >= 0.6 is 0 Å². The van der Waals surface area contributed by atoms with Crippen molar-refractivity contribution in [3.8, 4) is 5.75 Å². The van der Waals surface area contributed by atoms with E-state index < -0.39 is 28.6 Å². The van der Waals surface area contributed by atoms with Crippen molar-refractivity contribution in [1.29, 1.82) is 0 Å². The number of aryl methyl sites for hydroxylation is 2. The average Bonchev–Trinajstić information content (AvgIpc) is 3.43. The number of carbonyl (C=O) groups is 3. The summed E-state index contributed by atoms with van der Waals surface area (Å²) in [6, 6.07) is 13.9. The molecule has 3 aromatic rings. The van der Waals surface area contributed by atoms with E-state index >= 15 is 0 Å².